The zero-order valence-corrected chi connectivity index (χ0v) is 16.5. The van der Waals surface area contributed by atoms with Crippen LogP contribution in [0.15, 0.2) is 52.4 Å². The van der Waals surface area contributed by atoms with Crippen molar-refractivity contribution in [1.82, 2.24) is 4.90 Å². The number of benzene rings is 2. The van der Waals surface area contributed by atoms with E-state index in [9.17, 15) is 9.90 Å². The number of hydrogen-bond acceptors (Lipinski definition) is 5. The lowest BCUT2D eigenvalue weighted by molar-refractivity contribution is -0.121. The first-order valence-electron chi connectivity index (χ1n) is 7.37. The summed E-state index contributed by atoms with van der Waals surface area (Å²) in [4.78, 5) is 19.1. The largest absolute Gasteiger partial charge is 0.504 e. The van der Waals surface area contributed by atoms with E-state index >= 15 is 0 Å². The topological polar surface area (TPSA) is 62.1 Å². The van der Waals surface area contributed by atoms with Gasteiger partial charge in [-0.3, -0.25) is 9.69 Å². The fourth-order valence-electron chi connectivity index (χ4n) is 2.25. The molecule has 0 aromatic heterocycles. The van der Waals surface area contributed by atoms with E-state index in [0.717, 1.165) is 11.3 Å². The predicted molar refractivity (Wildman–Crippen MR) is 109 cm³/mol. The standard InChI is InChI=1S/C18H15IN2O3S/c1-21-17(23)15(25-18(21)20-12-6-4-3-5-7-12)10-11-8-13(19)16(22)14(9-11)24-2/h3-10,22H,1-2H3/b15-10-,20-18?. The summed E-state index contributed by atoms with van der Waals surface area (Å²) in [7, 11) is 3.20. The van der Waals surface area contributed by atoms with Crippen molar-refractivity contribution in [2.75, 3.05) is 14.2 Å². The van der Waals surface area contributed by atoms with Gasteiger partial charge in [-0.05, 0) is 70.3 Å². The SMILES string of the molecule is COc1cc(/C=C2\SC(=Nc3ccccc3)N(C)C2=O)cc(I)c1O. The van der Waals surface area contributed by atoms with Crippen molar-refractivity contribution >= 4 is 57.2 Å². The van der Waals surface area contributed by atoms with Crippen LogP contribution in [0, 0.1) is 3.57 Å². The number of ether oxygens (including phenoxy) is 1. The van der Waals surface area contributed by atoms with Gasteiger partial charge in [0, 0.05) is 7.05 Å². The molecule has 0 spiro atoms. The Kier molecular flexibility index (Phi) is 5.33. The molecule has 7 heteroatoms. The molecule has 1 saturated heterocycles. The van der Waals surface area contributed by atoms with Crippen LogP contribution in [-0.4, -0.2) is 35.2 Å². The molecular formula is C18H15IN2O3S. The number of phenolic OH excluding ortho intramolecular Hbond substituents is 1. The average molecular weight is 466 g/mol. The minimum Gasteiger partial charge on any atom is -0.504 e. The molecule has 5 nitrogen and oxygen atoms in total. The van der Waals surface area contributed by atoms with E-state index in [0.29, 0.717) is 19.4 Å². The number of thioether (sulfide) groups is 1. The highest BCUT2D eigenvalue weighted by molar-refractivity contribution is 14.1. The summed E-state index contributed by atoms with van der Waals surface area (Å²) in [6.45, 7) is 0. The monoisotopic (exact) mass is 466 g/mol. The Balaban J connectivity index is 1.94. The molecule has 1 heterocycles. The number of aromatic hydroxyl groups is 1. The fraction of sp³-hybridized carbons (Fsp3) is 0.111. The molecule has 2 aromatic rings. The number of halogens is 1. The van der Waals surface area contributed by atoms with Gasteiger partial charge in [-0.25, -0.2) is 4.99 Å². The second-order valence-electron chi connectivity index (χ2n) is 5.26. The third-order valence-corrected chi connectivity index (χ3v) is 5.44. The van der Waals surface area contributed by atoms with Crippen LogP contribution in [0.3, 0.4) is 0 Å². The predicted octanol–water partition coefficient (Wildman–Crippen LogP) is 4.24. The van der Waals surface area contributed by atoms with Gasteiger partial charge < -0.3 is 9.84 Å². The number of para-hydroxylation sites is 1. The van der Waals surface area contributed by atoms with Crippen molar-refractivity contribution in [3.63, 3.8) is 0 Å². The summed E-state index contributed by atoms with van der Waals surface area (Å²) in [6.07, 6.45) is 1.78. The number of amides is 1. The van der Waals surface area contributed by atoms with E-state index in [1.54, 1.807) is 25.3 Å². The molecule has 3 rings (SSSR count). The molecule has 1 amide bonds. The van der Waals surface area contributed by atoms with Gasteiger partial charge >= 0.3 is 0 Å². The molecule has 1 aliphatic heterocycles. The summed E-state index contributed by atoms with van der Waals surface area (Å²) >= 11 is 3.35. The van der Waals surface area contributed by atoms with Crippen LogP contribution in [0.5, 0.6) is 11.5 Å². The van der Waals surface area contributed by atoms with Crippen LogP contribution >= 0.6 is 34.4 Å². The first-order valence-corrected chi connectivity index (χ1v) is 9.27. The summed E-state index contributed by atoms with van der Waals surface area (Å²) in [5.74, 6) is 0.363. The lowest BCUT2D eigenvalue weighted by Crippen LogP contribution is -2.23. The van der Waals surface area contributed by atoms with Gasteiger partial charge in [-0.1, -0.05) is 18.2 Å². The van der Waals surface area contributed by atoms with E-state index in [-0.39, 0.29) is 11.7 Å². The number of carbonyl (C=O) groups is 1. The Morgan fingerprint density at radius 1 is 1.28 bits per heavy atom. The zero-order valence-electron chi connectivity index (χ0n) is 13.6. The van der Waals surface area contributed by atoms with Gasteiger partial charge in [0.05, 0.1) is 21.3 Å². The van der Waals surface area contributed by atoms with Gasteiger partial charge in [0.15, 0.2) is 16.7 Å². The first kappa shape index (κ1) is 17.8. The van der Waals surface area contributed by atoms with E-state index in [2.05, 4.69) is 4.99 Å². The van der Waals surface area contributed by atoms with Crippen molar-refractivity contribution in [3.05, 3.63) is 56.5 Å². The number of aliphatic imine (C=N–C) groups is 1. The number of amidine groups is 1. The third-order valence-electron chi connectivity index (χ3n) is 3.55. The van der Waals surface area contributed by atoms with Crippen molar-refractivity contribution < 1.29 is 14.6 Å². The maximum atomic E-state index is 12.5. The van der Waals surface area contributed by atoms with Crippen LogP contribution < -0.4 is 4.74 Å². The Labute approximate surface area is 163 Å². The third kappa shape index (κ3) is 3.82. The van der Waals surface area contributed by atoms with Crippen molar-refractivity contribution in [2.24, 2.45) is 4.99 Å². The highest BCUT2D eigenvalue weighted by atomic mass is 127. The molecule has 128 valence electrons. The number of hydrogen-bond donors (Lipinski definition) is 1. The molecule has 0 radical (unpaired) electrons. The van der Waals surface area contributed by atoms with Gasteiger partial charge in [0.1, 0.15) is 0 Å². The number of nitrogens with zero attached hydrogens (tertiary/aromatic N) is 2. The van der Waals surface area contributed by atoms with Gasteiger partial charge in [-0.15, -0.1) is 0 Å². The Morgan fingerprint density at radius 2 is 2.00 bits per heavy atom. The number of methoxy groups -OCH3 is 1. The molecule has 0 aliphatic carbocycles. The van der Waals surface area contributed by atoms with Crippen LogP contribution in [0.2, 0.25) is 0 Å². The fourth-order valence-corrected chi connectivity index (χ4v) is 3.86. The summed E-state index contributed by atoms with van der Waals surface area (Å²) in [5.41, 5.74) is 1.58. The average Bonchev–Trinajstić information content (AvgIpc) is 2.87. The van der Waals surface area contributed by atoms with Crippen molar-refractivity contribution in [3.8, 4) is 11.5 Å². The van der Waals surface area contributed by atoms with Gasteiger partial charge in [0.25, 0.3) is 5.91 Å². The second-order valence-corrected chi connectivity index (χ2v) is 7.43. The molecule has 2 aromatic carbocycles. The summed E-state index contributed by atoms with van der Waals surface area (Å²) < 4.78 is 5.83. The number of phenols is 1. The lowest BCUT2D eigenvalue weighted by Gasteiger charge is -2.07. The Morgan fingerprint density at radius 3 is 2.68 bits per heavy atom. The molecule has 0 bridgehead atoms. The summed E-state index contributed by atoms with van der Waals surface area (Å²) in [5, 5.41) is 10.6. The van der Waals surface area contributed by atoms with Crippen molar-refractivity contribution in [1.29, 1.82) is 0 Å². The van der Waals surface area contributed by atoms with Crippen LogP contribution in [0.4, 0.5) is 5.69 Å². The molecule has 1 N–H and O–H groups in total. The summed E-state index contributed by atoms with van der Waals surface area (Å²) in [6, 6.07) is 13.0. The second kappa shape index (κ2) is 7.49. The molecule has 1 fully saturated rings. The lowest BCUT2D eigenvalue weighted by atomic mass is 10.2. The van der Waals surface area contributed by atoms with Gasteiger partial charge in [-0.2, -0.15) is 0 Å². The van der Waals surface area contributed by atoms with Crippen LogP contribution in [0.1, 0.15) is 5.56 Å². The maximum absolute atomic E-state index is 12.5. The van der Waals surface area contributed by atoms with Crippen molar-refractivity contribution in [2.45, 2.75) is 0 Å². The highest BCUT2D eigenvalue weighted by Crippen LogP contribution is 2.36. The first-order chi connectivity index (χ1) is 12.0. The van der Waals surface area contributed by atoms with Gasteiger partial charge in [0.2, 0.25) is 0 Å². The quantitative estimate of drug-likeness (QED) is 0.543. The Bertz CT molecular complexity index is 881. The number of likely N-dealkylation sites (N-methyl/N-ethyl adjacent to an activating group) is 1. The normalized spacial score (nSPS) is 17.6. The minimum absolute atomic E-state index is 0.0964. The molecule has 1 aliphatic rings. The zero-order chi connectivity index (χ0) is 18.0. The number of carbonyl (C=O) groups excluding carboxylic acids is 1. The van der Waals surface area contributed by atoms with E-state index in [1.165, 1.54) is 23.8 Å². The van der Waals surface area contributed by atoms with Crippen LogP contribution in [0.25, 0.3) is 6.08 Å². The van der Waals surface area contributed by atoms with E-state index in [1.807, 2.05) is 52.9 Å². The van der Waals surface area contributed by atoms with E-state index < -0.39 is 0 Å². The molecule has 0 unspecified atom stereocenters. The molecule has 0 saturated carbocycles. The smallest absolute Gasteiger partial charge is 0.266 e. The van der Waals surface area contributed by atoms with Crippen LogP contribution in [-0.2, 0) is 4.79 Å². The maximum Gasteiger partial charge on any atom is 0.266 e. The highest BCUT2D eigenvalue weighted by Gasteiger charge is 2.30. The minimum atomic E-state index is -0.110. The van der Waals surface area contributed by atoms with E-state index in [4.69, 9.17) is 4.74 Å². The Hall–Kier alpha value is -2.00. The molecular weight excluding hydrogens is 451 g/mol. The number of rotatable bonds is 3. The molecule has 25 heavy (non-hydrogen) atoms. The molecule has 0 atom stereocenters.